The number of nitrogens with one attached hydrogen (secondary N) is 2. The Bertz CT molecular complexity index is 1190. The summed E-state index contributed by atoms with van der Waals surface area (Å²) >= 11 is 0. The van der Waals surface area contributed by atoms with Crippen molar-refractivity contribution in [3.8, 4) is 0 Å². The Morgan fingerprint density at radius 2 is 1.28 bits per heavy atom. The molecule has 0 spiro atoms. The molecule has 0 bridgehead atoms. The molecule has 2 amide bonds. The van der Waals surface area contributed by atoms with Crippen LogP contribution >= 0.6 is 0 Å². The number of hydrogen-bond donors (Lipinski definition) is 2. The molecule has 2 N–H and O–H groups in total. The van der Waals surface area contributed by atoms with Gasteiger partial charge < -0.3 is 10.6 Å². The molecule has 0 atom stereocenters. The summed E-state index contributed by atoms with van der Waals surface area (Å²) in [5.41, 5.74) is 1.85. The SMILES string of the molecule is CCN(CC)S(=O)(=O)c1cccc(NC(=O)c2ccc(NC(=O)c3ccccc3)cc2)c1. The van der Waals surface area contributed by atoms with Crippen molar-refractivity contribution < 1.29 is 18.0 Å². The lowest BCUT2D eigenvalue weighted by Gasteiger charge is -2.18. The zero-order chi connectivity index (χ0) is 23.1. The average molecular weight is 452 g/mol. The van der Waals surface area contributed by atoms with Crippen LogP contribution < -0.4 is 10.6 Å². The molecule has 0 saturated heterocycles. The van der Waals surface area contributed by atoms with Crippen LogP contribution in [0.3, 0.4) is 0 Å². The van der Waals surface area contributed by atoms with Crippen molar-refractivity contribution in [2.45, 2.75) is 18.7 Å². The van der Waals surface area contributed by atoms with Crippen LogP contribution in [0.5, 0.6) is 0 Å². The molecule has 0 saturated carbocycles. The molecule has 0 aliphatic carbocycles. The van der Waals surface area contributed by atoms with E-state index in [0.29, 0.717) is 35.6 Å². The van der Waals surface area contributed by atoms with Gasteiger partial charge in [0.15, 0.2) is 0 Å². The zero-order valence-electron chi connectivity index (χ0n) is 17.9. The first-order valence-electron chi connectivity index (χ1n) is 10.2. The van der Waals surface area contributed by atoms with Gasteiger partial charge in [0.05, 0.1) is 4.90 Å². The number of rotatable bonds is 8. The predicted molar refractivity (Wildman–Crippen MR) is 125 cm³/mol. The number of anilines is 2. The highest BCUT2D eigenvalue weighted by atomic mass is 32.2. The average Bonchev–Trinajstić information content (AvgIpc) is 2.81. The van der Waals surface area contributed by atoms with E-state index in [0.717, 1.165) is 0 Å². The van der Waals surface area contributed by atoms with Crippen LogP contribution in [0.15, 0.2) is 83.8 Å². The quantitative estimate of drug-likeness (QED) is 0.536. The summed E-state index contributed by atoms with van der Waals surface area (Å²) in [5, 5.41) is 5.50. The van der Waals surface area contributed by atoms with E-state index in [-0.39, 0.29) is 16.7 Å². The van der Waals surface area contributed by atoms with Gasteiger partial charge in [0.2, 0.25) is 10.0 Å². The lowest BCUT2D eigenvalue weighted by molar-refractivity contribution is 0.102. The number of hydrogen-bond acceptors (Lipinski definition) is 4. The maximum atomic E-state index is 12.7. The number of amides is 2. The molecule has 7 nitrogen and oxygen atoms in total. The second kappa shape index (κ2) is 10.2. The number of benzene rings is 3. The summed E-state index contributed by atoms with van der Waals surface area (Å²) in [6.45, 7) is 4.28. The third-order valence-electron chi connectivity index (χ3n) is 4.88. The summed E-state index contributed by atoms with van der Waals surface area (Å²) < 4.78 is 26.8. The van der Waals surface area contributed by atoms with Gasteiger partial charge in [-0.25, -0.2) is 8.42 Å². The zero-order valence-corrected chi connectivity index (χ0v) is 18.7. The van der Waals surface area contributed by atoms with Crippen molar-refractivity contribution in [2.24, 2.45) is 0 Å². The minimum absolute atomic E-state index is 0.123. The Hall–Kier alpha value is -3.49. The van der Waals surface area contributed by atoms with E-state index in [1.54, 1.807) is 74.5 Å². The van der Waals surface area contributed by atoms with E-state index in [4.69, 9.17) is 0 Å². The van der Waals surface area contributed by atoms with Crippen LogP contribution in [0.1, 0.15) is 34.6 Å². The summed E-state index contributed by atoms with van der Waals surface area (Å²) in [7, 11) is -3.62. The molecule has 3 aromatic rings. The van der Waals surface area contributed by atoms with Crippen molar-refractivity contribution in [3.05, 3.63) is 90.0 Å². The minimum atomic E-state index is -3.62. The Morgan fingerprint density at radius 1 is 0.719 bits per heavy atom. The maximum Gasteiger partial charge on any atom is 0.255 e. The summed E-state index contributed by atoms with van der Waals surface area (Å²) in [5.74, 6) is -0.627. The molecule has 0 aliphatic heterocycles. The van der Waals surface area contributed by atoms with Gasteiger partial charge in [0.25, 0.3) is 11.8 Å². The van der Waals surface area contributed by atoms with E-state index in [1.165, 1.54) is 16.4 Å². The van der Waals surface area contributed by atoms with Crippen LogP contribution in [0.4, 0.5) is 11.4 Å². The van der Waals surface area contributed by atoms with E-state index in [9.17, 15) is 18.0 Å². The largest absolute Gasteiger partial charge is 0.322 e. The topological polar surface area (TPSA) is 95.6 Å². The van der Waals surface area contributed by atoms with Gasteiger partial charge in [-0.05, 0) is 54.6 Å². The van der Waals surface area contributed by atoms with Crippen LogP contribution in [0, 0.1) is 0 Å². The molecule has 0 radical (unpaired) electrons. The van der Waals surface area contributed by atoms with Crippen molar-refractivity contribution >= 4 is 33.2 Å². The van der Waals surface area contributed by atoms with Gasteiger partial charge >= 0.3 is 0 Å². The highest BCUT2D eigenvalue weighted by Crippen LogP contribution is 2.20. The molecular weight excluding hydrogens is 426 g/mol. The molecule has 166 valence electrons. The van der Waals surface area contributed by atoms with E-state index < -0.39 is 10.0 Å². The third-order valence-corrected chi connectivity index (χ3v) is 6.92. The van der Waals surface area contributed by atoms with E-state index >= 15 is 0 Å². The van der Waals surface area contributed by atoms with Gasteiger partial charge in [-0.15, -0.1) is 0 Å². The predicted octanol–water partition coefficient (Wildman–Crippen LogP) is 4.22. The number of carbonyl (C=O) groups excluding carboxylic acids is 2. The van der Waals surface area contributed by atoms with Gasteiger partial charge in [-0.3, -0.25) is 9.59 Å². The maximum absolute atomic E-state index is 12.7. The second-order valence-electron chi connectivity index (χ2n) is 6.97. The molecule has 0 fully saturated rings. The molecule has 0 aliphatic rings. The molecule has 3 aromatic carbocycles. The first-order valence-corrected chi connectivity index (χ1v) is 11.7. The normalized spacial score (nSPS) is 11.2. The highest BCUT2D eigenvalue weighted by Gasteiger charge is 2.22. The Balaban J connectivity index is 1.69. The minimum Gasteiger partial charge on any atom is -0.322 e. The standard InChI is InChI=1S/C24H25N3O4S/c1-3-27(4-2)32(30,31)22-12-8-11-21(17-22)26-24(29)19-13-15-20(16-14-19)25-23(28)18-9-6-5-7-10-18/h5-17H,3-4H2,1-2H3,(H,25,28)(H,26,29). The van der Waals surface area contributed by atoms with Crippen molar-refractivity contribution in [1.29, 1.82) is 0 Å². The van der Waals surface area contributed by atoms with Crippen molar-refractivity contribution in [2.75, 3.05) is 23.7 Å². The van der Waals surface area contributed by atoms with Crippen LogP contribution in [0.2, 0.25) is 0 Å². The van der Waals surface area contributed by atoms with Crippen LogP contribution in [-0.4, -0.2) is 37.6 Å². The first kappa shape index (κ1) is 23.2. The van der Waals surface area contributed by atoms with Crippen molar-refractivity contribution in [1.82, 2.24) is 4.31 Å². The Labute approximate surface area is 188 Å². The van der Waals surface area contributed by atoms with Crippen LogP contribution in [0.25, 0.3) is 0 Å². The fraction of sp³-hybridized carbons (Fsp3) is 0.167. The highest BCUT2D eigenvalue weighted by molar-refractivity contribution is 7.89. The molecule has 8 heteroatoms. The second-order valence-corrected chi connectivity index (χ2v) is 8.91. The number of nitrogens with zero attached hydrogens (tertiary/aromatic N) is 1. The fourth-order valence-corrected chi connectivity index (χ4v) is 4.65. The molecule has 3 rings (SSSR count). The Kier molecular flexibility index (Phi) is 7.40. The molecule has 32 heavy (non-hydrogen) atoms. The van der Waals surface area contributed by atoms with Gasteiger partial charge in [-0.2, -0.15) is 4.31 Å². The molecule has 0 heterocycles. The summed E-state index contributed by atoms with van der Waals surface area (Å²) in [6.07, 6.45) is 0. The van der Waals surface area contributed by atoms with Crippen LogP contribution in [-0.2, 0) is 10.0 Å². The van der Waals surface area contributed by atoms with Gasteiger partial charge in [0.1, 0.15) is 0 Å². The lowest BCUT2D eigenvalue weighted by Crippen LogP contribution is -2.30. The van der Waals surface area contributed by atoms with Gasteiger partial charge in [-0.1, -0.05) is 38.1 Å². The number of carbonyl (C=O) groups is 2. The van der Waals surface area contributed by atoms with Crippen molar-refractivity contribution in [3.63, 3.8) is 0 Å². The smallest absolute Gasteiger partial charge is 0.255 e. The molecule has 0 unspecified atom stereocenters. The summed E-state index contributed by atoms with van der Waals surface area (Å²) in [4.78, 5) is 25.0. The van der Waals surface area contributed by atoms with E-state index in [2.05, 4.69) is 10.6 Å². The first-order chi connectivity index (χ1) is 15.3. The third kappa shape index (κ3) is 5.40. The van der Waals surface area contributed by atoms with E-state index in [1.807, 2.05) is 6.07 Å². The monoisotopic (exact) mass is 451 g/mol. The fourth-order valence-electron chi connectivity index (χ4n) is 3.15. The molecular formula is C24H25N3O4S. The lowest BCUT2D eigenvalue weighted by atomic mass is 10.1. The number of sulfonamides is 1. The molecule has 0 aromatic heterocycles. The Morgan fingerprint density at radius 3 is 1.88 bits per heavy atom. The summed E-state index contributed by atoms with van der Waals surface area (Å²) in [6, 6.07) is 21.5. The van der Waals surface area contributed by atoms with Gasteiger partial charge in [0, 0.05) is 35.6 Å².